The second-order valence-electron chi connectivity index (χ2n) is 3.70. The molecule has 2 rings (SSSR count). The number of halogens is 2. The normalized spacial score (nSPS) is 16.0. The smallest absolute Gasteiger partial charge is 0.230 e. The van der Waals surface area contributed by atoms with E-state index in [1.165, 1.54) is 4.90 Å². The summed E-state index contributed by atoms with van der Waals surface area (Å²) >= 11 is 9.36. The summed E-state index contributed by atoms with van der Waals surface area (Å²) in [5.41, 5.74) is 0.846. The van der Waals surface area contributed by atoms with Crippen molar-refractivity contribution < 1.29 is 9.59 Å². The van der Waals surface area contributed by atoms with E-state index in [-0.39, 0.29) is 24.7 Å². The zero-order chi connectivity index (χ0) is 11.7. The number of nitrogens with zero attached hydrogens (tertiary/aromatic N) is 1. The van der Waals surface area contributed by atoms with Crippen molar-refractivity contribution in [2.24, 2.45) is 0 Å². The highest BCUT2D eigenvalue weighted by Gasteiger charge is 2.27. The number of amides is 1. The molecular formula is C11H9BrClNO2. The van der Waals surface area contributed by atoms with Crippen LogP contribution in [0.5, 0.6) is 0 Å². The van der Waals surface area contributed by atoms with Crippen LogP contribution in [0.15, 0.2) is 22.7 Å². The topological polar surface area (TPSA) is 37.4 Å². The molecular weight excluding hydrogens is 293 g/mol. The summed E-state index contributed by atoms with van der Waals surface area (Å²) in [6.45, 7) is 0.588. The van der Waals surface area contributed by atoms with Gasteiger partial charge in [-0.1, -0.05) is 27.5 Å². The summed E-state index contributed by atoms with van der Waals surface area (Å²) in [6, 6.07) is 5.46. The lowest BCUT2D eigenvalue weighted by Gasteiger charge is -2.15. The Morgan fingerprint density at radius 1 is 1.38 bits per heavy atom. The van der Waals surface area contributed by atoms with E-state index in [0.29, 0.717) is 11.6 Å². The van der Waals surface area contributed by atoms with E-state index in [0.717, 1.165) is 10.0 Å². The minimum absolute atomic E-state index is 0.0195. The third kappa shape index (κ3) is 2.44. The minimum Gasteiger partial charge on any atom is -0.331 e. The van der Waals surface area contributed by atoms with Gasteiger partial charge in [0.1, 0.15) is 0 Å². The highest BCUT2D eigenvalue weighted by atomic mass is 79.9. The highest BCUT2D eigenvalue weighted by molar-refractivity contribution is 9.10. The standard InChI is InChI=1S/C11H9BrClNO2/c12-8-1-2-10(13)7(3-8)5-14-6-9(15)4-11(14)16/h1-3H,4-6H2. The average molecular weight is 303 g/mol. The fourth-order valence-corrected chi connectivity index (χ4v) is 2.24. The predicted molar refractivity (Wildman–Crippen MR) is 64.2 cm³/mol. The molecule has 1 amide bonds. The van der Waals surface area contributed by atoms with Gasteiger partial charge in [-0.2, -0.15) is 0 Å². The summed E-state index contributed by atoms with van der Waals surface area (Å²) in [7, 11) is 0. The predicted octanol–water partition coefficient (Wildman–Crippen LogP) is 2.40. The van der Waals surface area contributed by atoms with Crippen LogP contribution in [0.4, 0.5) is 0 Å². The maximum Gasteiger partial charge on any atom is 0.230 e. The van der Waals surface area contributed by atoms with Gasteiger partial charge >= 0.3 is 0 Å². The Labute approximate surface area is 107 Å². The van der Waals surface area contributed by atoms with Crippen LogP contribution in [0, 0.1) is 0 Å². The van der Waals surface area contributed by atoms with E-state index < -0.39 is 0 Å². The van der Waals surface area contributed by atoms with Crippen LogP contribution in [0.1, 0.15) is 12.0 Å². The molecule has 5 heteroatoms. The lowest BCUT2D eigenvalue weighted by molar-refractivity contribution is -0.128. The van der Waals surface area contributed by atoms with Crippen LogP contribution in [0.3, 0.4) is 0 Å². The van der Waals surface area contributed by atoms with Gasteiger partial charge in [-0.15, -0.1) is 0 Å². The van der Waals surface area contributed by atoms with Gasteiger partial charge in [0.05, 0.1) is 13.0 Å². The van der Waals surface area contributed by atoms with Crippen molar-refractivity contribution in [3.05, 3.63) is 33.3 Å². The quantitative estimate of drug-likeness (QED) is 0.787. The van der Waals surface area contributed by atoms with E-state index in [2.05, 4.69) is 15.9 Å². The molecule has 0 radical (unpaired) electrons. The van der Waals surface area contributed by atoms with E-state index in [1.54, 1.807) is 6.07 Å². The molecule has 1 fully saturated rings. The van der Waals surface area contributed by atoms with Crippen LogP contribution in [-0.4, -0.2) is 23.1 Å². The van der Waals surface area contributed by atoms with Gasteiger partial charge in [0.2, 0.25) is 5.91 Å². The first-order valence-electron chi connectivity index (χ1n) is 4.79. The molecule has 0 aliphatic carbocycles. The molecule has 1 aromatic rings. The number of ketones is 1. The second-order valence-corrected chi connectivity index (χ2v) is 5.02. The Bertz CT molecular complexity index is 461. The lowest BCUT2D eigenvalue weighted by Crippen LogP contribution is -2.24. The Balaban J connectivity index is 2.18. The first-order chi connectivity index (χ1) is 7.56. The van der Waals surface area contributed by atoms with E-state index in [1.807, 2.05) is 12.1 Å². The Hall–Kier alpha value is -0.870. The van der Waals surface area contributed by atoms with Crippen molar-refractivity contribution in [3.8, 4) is 0 Å². The summed E-state index contributed by atoms with van der Waals surface area (Å²) in [6.07, 6.45) is 0.0195. The van der Waals surface area contributed by atoms with Crippen molar-refractivity contribution in [2.75, 3.05) is 6.54 Å². The number of Topliss-reactive ketones (excluding diaryl/α,β-unsaturated/α-hetero) is 1. The maximum absolute atomic E-state index is 11.4. The zero-order valence-electron chi connectivity index (χ0n) is 8.37. The van der Waals surface area contributed by atoms with Crippen molar-refractivity contribution in [3.63, 3.8) is 0 Å². The molecule has 16 heavy (non-hydrogen) atoms. The van der Waals surface area contributed by atoms with Gasteiger partial charge < -0.3 is 4.90 Å². The third-order valence-corrected chi connectivity index (χ3v) is 3.30. The van der Waals surface area contributed by atoms with Crippen LogP contribution < -0.4 is 0 Å². The number of hydrogen-bond donors (Lipinski definition) is 0. The lowest BCUT2D eigenvalue weighted by atomic mass is 10.2. The first kappa shape index (κ1) is 11.6. The molecule has 0 N–H and O–H groups in total. The highest BCUT2D eigenvalue weighted by Crippen LogP contribution is 2.23. The fraction of sp³-hybridized carbons (Fsp3) is 0.273. The van der Waals surface area contributed by atoms with Crippen LogP contribution in [0.2, 0.25) is 5.02 Å². The first-order valence-corrected chi connectivity index (χ1v) is 5.97. The molecule has 3 nitrogen and oxygen atoms in total. The summed E-state index contributed by atoms with van der Waals surface area (Å²) in [4.78, 5) is 24.1. The van der Waals surface area contributed by atoms with Gasteiger partial charge in [0, 0.05) is 16.0 Å². The van der Waals surface area contributed by atoms with Gasteiger partial charge in [0.15, 0.2) is 5.78 Å². The molecule has 0 saturated carbocycles. The number of carbonyl (C=O) groups excluding carboxylic acids is 2. The number of rotatable bonds is 2. The van der Waals surface area contributed by atoms with Gasteiger partial charge in [-0.05, 0) is 23.8 Å². The number of likely N-dealkylation sites (tertiary alicyclic amines) is 1. The zero-order valence-corrected chi connectivity index (χ0v) is 10.7. The van der Waals surface area contributed by atoms with Crippen molar-refractivity contribution >= 4 is 39.2 Å². The van der Waals surface area contributed by atoms with E-state index >= 15 is 0 Å². The molecule has 1 aliphatic heterocycles. The minimum atomic E-state index is -0.124. The maximum atomic E-state index is 11.4. The van der Waals surface area contributed by atoms with Gasteiger partial charge in [0.25, 0.3) is 0 Å². The van der Waals surface area contributed by atoms with Crippen LogP contribution in [0.25, 0.3) is 0 Å². The molecule has 1 aliphatic rings. The molecule has 0 atom stereocenters. The van der Waals surface area contributed by atoms with Crippen LogP contribution >= 0.6 is 27.5 Å². The molecule has 1 aromatic carbocycles. The molecule has 1 heterocycles. The number of carbonyl (C=O) groups is 2. The fourth-order valence-electron chi connectivity index (χ4n) is 1.65. The summed E-state index contributed by atoms with van der Waals surface area (Å²) < 4.78 is 0.907. The molecule has 0 aromatic heterocycles. The largest absolute Gasteiger partial charge is 0.331 e. The SMILES string of the molecule is O=C1CC(=O)N(Cc2cc(Br)ccc2Cl)C1. The molecule has 1 saturated heterocycles. The Kier molecular flexibility index (Phi) is 3.30. The number of hydrogen-bond acceptors (Lipinski definition) is 2. The van der Waals surface area contributed by atoms with Crippen LogP contribution in [-0.2, 0) is 16.1 Å². The number of benzene rings is 1. The van der Waals surface area contributed by atoms with E-state index in [4.69, 9.17) is 11.6 Å². The monoisotopic (exact) mass is 301 g/mol. The molecule has 0 spiro atoms. The van der Waals surface area contributed by atoms with Gasteiger partial charge in [-0.25, -0.2) is 0 Å². The Morgan fingerprint density at radius 3 is 2.75 bits per heavy atom. The van der Waals surface area contributed by atoms with Crippen molar-refractivity contribution in [2.45, 2.75) is 13.0 Å². The molecule has 0 unspecified atom stereocenters. The average Bonchev–Trinajstić information content (AvgIpc) is 2.51. The summed E-state index contributed by atoms with van der Waals surface area (Å²) in [5, 5.41) is 0.607. The summed E-state index contributed by atoms with van der Waals surface area (Å²) in [5.74, 6) is -0.155. The second kappa shape index (κ2) is 4.55. The van der Waals surface area contributed by atoms with Crippen molar-refractivity contribution in [1.29, 1.82) is 0 Å². The van der Waals surface area contributed by atoms with Gasteiger partial charge in [-0.3, -0.25) is 9.59 Å². The molecule has 0 bridgehead atoms. The van der Waals surface area contributed by atoms with E-state index in [9.17, 15) is 9.59 Å². The Morgan fingerprint density at radius 2 is 2.12 bits per heavy atom. The third-order valence-electron chi connectivity index (χ3n) is 2.44. The molecule has 84 valence electrons. The van der Waals surface area contributed by atoms with Crippen molar-refractivity contribution in [1.82, 2.24) is 4.90 Å².